The molecule has 1 atom stereocenters. The number of aromatic nitrogens is 1. The van der Waals surface area contributed by atoms with Gasteiger partial charge in [0.1, 0.15) is 17.7 Å². The van der Waals surface area contributed by atoms with Crippen LogP contribution in [-0.4, -0.2) is 10.1 Å². The molecule has 17 heavy (non-hydrogen) atoms. The predicted octanol–water partition coefficient (Wildman–Crippen LogP) is 3.06. The fraction of sp³-hybridized carbons (Fsp3) is 0.182. The van der Waals surface area contributed by atoms with Gasteiger partial charge in [0.2, 0.25) is 0 Å². The maximum atomic E-state index is 10.0. The van der Waals surface area contributed by atoms with E-state index in [1.54, 1.807) is 18.3 Å². The molecule has 0 aromatic carbocycles. The van der Waals surface area contributed by atoms with Crippen LogP contribution in [-0.2, 0) is 6.42 Å². The van der Waals surface area contributed by atoms with Crippen molar-refractivity contribution in [3.05, 3.63) is 44.9 Å². The molecule has 0 fully saturated rings. The fourth-order valence-corrected chi connectivity index (χ4v) is 2.07. The number of pyridine rings is 1. The Morgan fingerprint density at radius 1 is 1.47 bits per heavy atom. The lowest BCUT2D eigenvalue weighted by atomic mass is 10.1. The third-order valence-electron chi connectivity index (χ3n) is 2.33. The Bertz CT molecular complexity index is 508. The molecule has 0 radical (unpaired) electrons. The van der Waals surface area contributed by atoms with Crippen LogP contribution in [0.15, 0.2) is 38.0 Å². The van der Waals surface area contributed by atoms with Crippen molar-refractivity contribution in [2.75, 3.05) is 5.73 Å². The molecule has 2 aromatic heterocycles. The highest BCUT2D eigenvalue weighted by Gasteiger charge is 2.16. The highest BCUT2D eigenvalue weighted by Crippen LogP contribution is 2.31. The van der Waals surface area contributed by atoms with E-state index in [0.717, 1.165) is 10.0 Å². The summed E-state index contributed by atoms with van der Waals surface area (Å²) in [5.41, 5.74) is 6.51. The van der Waals surface area contributed by atoms with Crippen molar-refractivity contribution < 1.29 is 9.52 Å². The first-order valence-corrected chi connectivity index (χ1v) is 6.48. The minimum atomic E-state index is -0.746. The van der Waals surface area contributed by atoms with Gasteiger partial charge >= 0.3 is 0 Å². The lowest BCUT2D eigenvalue weighted by Crippen LogP contribution is -2.04. The number of nitrogens with two attached hydrogens (primary N) is 1. The lowest BCUT2D eigenvalue weighted by Gasteiger charge is -2.08. The van der Waals surface area contributed by atoms with Crippen LogP contribution in [0, 0.1) is 0 Å². The van der Waals surface area contributed by atoms with Crippen LogP contribution in [0.4, 0.5) is 5.82 Å². The van der Waals surface area contributed by atoms with Crippen molar-refractivity contribution in [3.63, 3.8) is 0 Å². The first-order valence-electron chi connectivity index (χ1n) is 4.90. The van der Waals surface area contributed by atoms with E-state index in [1.807, 2.05) is 6.07 Å². The van der Waals surface area contributed by atoms with E-state index in [2.05, 4.69) is 36.8 Å². The Morgan fingerprint density at radius 3 is 2.82 bits per heavy atom. The minimum Gasteiger partial charge on any atom is -0.450 e. The lowest BCUT2D eigenvalue weighted by molar-refractivity contribution is 0.149. The molecule has 0 spiro atoms. The maximum Gasteiger partial charge on any atom is 0.183 e. The van der Waals surface area contributed by atoms with Crippen LogP contribution in [0.1, 0.15) is 17.4 Å². The van der Waals surface area contributed by atoms with Crippen LogP contribution in [0.25, 0.3) is 0 Å². The summed E-state index contributed by atoms with van der Waals surface area (Å²) in [6.45, 7) is 0. The quantitative estimate of drug-likeness (QED) is 0.881. The Morgan fingerprint density at radius 2 is 2.24 bits per heavy atom. The number of halogens is 2. The highest BCUT2D eigenvalue weighted by molar-refractivity contribution is 9.13. The third kappa shape index (κ3) is 2.88. The number of hydrogen-bond donors (Lipinski definition) is 2. The van der Waals surface area contributed by atoms with Gasteiger partial charge in [0, 0.05) is 12.6 Å². The summed E-state index contributed by atoms with van der Waals surface area (Å²) in [5, 5.41) is 10.0. The van der Waals surface area contributed by atoms with E-state index in [-0.39, 0.29) is 0 Å². The van der Waals surface area contributed by atoms with E-state index in [0.29, 0.717) is 22.7 Å². The fourth-order valence-electron chi connectivity index (χ4n) is 1.46. The SMILES string of the molecule is Nc1ncccc1CC(O)c1cc(Br)c(Br)o1. The first-order chi connectivity index (χ1) is 8.08. The minimum absolute atomic E-state index is 0.367. The summed E-state index contributed by atoms with van der Waals surface area (Å²) in [6, 6.07) is 5.34. The number of aliphatic hydroxyl groups is 1. The maximum absolute atomic E-state index is 10.0. The normalized spacial score (nSPS) is 12.6. The third-order valence-corrected chi connectivity index (χ3v) is 4.04. The second-order valence-corrected chi connectivity index (χ2v) is 5.11. The Labute approximate surface area is 115 Å². The molecule has 0 amide bonds. The molecule has 3 N–H and O–H groups in total. The molecule has 0 aliphatic carbocycles. The molecule has 0 aliphatic rings. The Balaban J connectivity index is 2.17. The predicted molar refractivity (Wildman–Crippen MR) is 71.4 cm³/mol. The standard InChI is InChI=1S/C11H10Br2N2O2/c12-7-5-9(17-10(7)13)8(16)4-6-2-1-3-15-11(6)14/h1-3,5,8,16H,4H2,(H2,14,15). The number of aliphatic hydroxyl groups excluding tert-OH is 1. The van der Waals surface area contributed by atoms with Gasteiger partial charge in [0.15, 0.2) is 4.67 Å². The van der Waals surface area contributed by atoms with Crippen molar-refractivity contribution in [2.24, 2.45) is 0 Å². The highest BCUT2D eigenvalue weighted by atomic mass is 79.9. The van der Waals surface area contributed by atoms with E-state index < -0.39 is 6.10 Å². The van der Waals surface area contributed by atoms with Crippen LogP contribution in [0.3, 0.4) is 0 Å². The molecule has 6 heteroatoms. The van der Waals surface area contributed by atoms with Crippen LogP contribution < -0.4 is 5.73 Å². The van der Waals surface area contributed by atoms with E-state index >= 15 is 0 Å². The molecular weight excluding hydrogens is 352 g/mol. The Kier molecular flexibility index (Phi) is 3.86. The molecule has 0 saturated carbocycles. The molecule has 1 unspecified atom stereocenters. The summed E-state index contributed by atoms with van der Waals surface area (Å²) < 4.78 is 6.68. The van der Waals surface area contributed by atoms with Crippen LogP contribution in [0.5, 0.6) is 0 Å². The second-order valence-electron chi connectivity index (χ2n) is 3.54. The van der Waals surface area contributed by atoms with Crippen molar-refractivity contribution in [3.8, 4) is 0 Å². The topological polar surface area (TPSA) is 72.3 Å². The smallest absolute Gasteiger partial charge is 0.183 e. The summed E-state index contributed by atoms with van der Waals surface area (Å²) >= 11 is 6.52. The van der Waals surface area contributed by atoms with Crippen LogP contribution in [0.2, 0.25) is 0 Å². The van der Waals surface area contributed by atoms with Gasteiger partial charge in [-0.3, -0.25) is 0 Å². The largest absolute Gasteiger partial charge is 0.450 e. The number of furan rings is 1. The van der Waals surface area contributed by atoms with Gasteiger partial charge < -0.3 is 15.3 Å². The molecule has 2 aromatic rings. The summed E-state index contributed by atoms with van der Waals surface area (Å²) in [7, 11) is 0. The molecule has 2 heterocycles. The first kappa shape index (κ1) is 12.6. The van der Waals surface area contributed by atoms with Gasteiger partial charge in [-0.25, -0.2) is 4.98 Å². The summed E-state index contributed by atoms with van der Waals surface area (Å²) in [5.74, 6) is 0.906. The average Bonchev–Trinajstić information content (AvgIpc) is 2.63. The van der Waals surface area contributed by atoms with Crippen LogP contribution >= 0.6 is 31.9 Å². The zero-order valence-corrected chi connectivity index (χ0v) is 11.9. The Hall–Kier alpha value is -0.850. The van der Waals surface area contributed by atoms with Crippen molar-refractivity contribution in [2.45, 2.75) is 12.5 Å². The monoisotopic (exact) mass is 360 g/mol. The van der Waals surface area contributed by atoms with Gasteiger partial charge in [-0.05, 0) is 49.6 Å². The summed E-state index contributed by atoms with van der Waals surface area (Å²) in [4.78, 5) is 3.97. The van der Waals surface area contributed by atoms with Crippen molar-refractivity contribution >= 4 is 37.7 Å². The van der Waals surface area contributed by atoms with E-state index in [1.165, 1.54) is 0 Å². The molecule has 4 nitrogen and oxygen atoms in total. The van der Waals surface area contributed by atoms with Gasteiger partial charge in [-0.15, -0.1) is 0 Å². The zero-order chi connectivity index (χ0) is 12.4. The molecule has 2 rings (SSSR count). The van der Waals surface area contributed by atoms with E-state index in [9.17, 15) is 5.11 Å². The average molecular weight is 362 g/mol. The molecular formula is C11H10Br2N2O2. The molecule has 0 saturated heterocycles. The number of hydrogen-bond acceptors (Lipinski definition) is 4. The molecule has 0 bridgehead atoms. The number of anilines is 1. The molecule has 0 aliphatic heterocycles. The van der Waals surface area contributed by atoms with E-state index in [4.69, 9.17) is 10.2 Å². The zero-order valence-electron chi connectivity index (χ0n) is 8.73. The molecule has 90 valence electrons. The van der Waals surface area contributed by atoms with Gasteiger partial charge in [-0.1, -0.05) is 6.07 Å². The van der Waals surface area contributed by atoms with Gasteiger partial charge in [0.05, 0.1) is 4.47 Å². The second kappa shape index (κ2) is 5.20. The van der Waals surface area contributed by atoms with Crippen molar-refractivity contribution in [1.82, 2.24) is 4.98 Å². The van der Waals surface area contributed by atoms with Gasteiger partial charge in [0.25, 0.3) is 0 Å². The number of nitrogens with zero attached hydrogens (tertiary/aromatic N) is 1. The summed E-state index contributed by atoms with van der Waals surface area (Å²) in [6.07, 6.45) is 1.24. The number of rotatable bonds is 3. The van der Waals surface area contributed by atoms with Crippen molar-refractivity contribution in [1.29, 1.82) is 0 Å². The van der Waals surface area contributed by atoms with Gasteiger partial charge in [-0.2, -0.15) is 0 Å². The number of nitrogen functional groups attached to an aromatic ring is 1.